The number of imide groups is 1. The fourth-order valence-electron chi connectivity index (χ4n) is 4.19. The molecule has 3 fully saturated rings. The van der Waals surface area contributed by atoms with E-state index in [2.05, 4.69) is 54.5 Å². The number of fused-ring (bicyclic) bond motifs is 5. The number of anilines is 1. The molecule has 1 aromatic rings. The molecule has 0 aromatic heterocycles. The summed E-state index contributed by atoms with van der Waals surface area (Å²) >= 11 is 9.62. The number of amides is 2. The molecule has 2 aliphatic carbocycles. The largest absolute Gasteiger partial charge is 0.274 e. The van der Waals surface area contributed by atoms with Crippen LogP contribution >= 0.6 is 54.5 Å². The molecule has 1 saturated heterocycles. The second-order valence-electron chi connectivity index (χ2n) is 5.99. The molecule has 0 radical (unpaired) electrons. The molecule has 6 atom stereocenters. The van der Waals surface area contributed by atoms with E-state index >= 15 is 0 Å². The van der Waals surface area contributed by atoms with E-state index in [9.17, 15) is 9.59 Å². The van der Waals surface area contributed by atoms with E-state index in [0.717, 1.165) is 9.99 Å². The van der Waals surface area contributed by atoms with E-state index < -0.39 is 0 Å². The van der Waals surface area contributed by atoms with Crippen LogP contribution in [0.4, 0.5) is 5.69 Å². The second-order valence-corrected chi connectivity index (χ2v) is 9.35. The lowest BCUT2D eigenvalue weighted by molar-refractivity contribution is -0.123. The molecule has 6 heteroatoms. The minimum Gasteiger partial charge on any atom is -0.274 e. The van der Waals surface area contributed by atoms with Gasteiger partial charge in [0.2, 0.25) is 11.8 Å². The van der Waals surface area contributed by atoms with Gasteiger partial charge in [-0.25, -0.2) is 0 Å². The molecule has 0 spiro atoms. The van der Waals surface area contributed by atoms with E-state index in [4.69, 9.17) is 0 Å². The van der Waals surface area contributed by atoms with Crippen molar-refractivity contribution >= 4 is 72.0 Å². The molecular formula is C15H12Br2INO2. The van der Waals surface area contributed by atoms with Crippen LogP contribution in [0.25, 0.3) is 0 Å². The minimum atomic E-state index is -0.139. The van der Waals surface area contributed by atoms with Gasteiger partial charge in [-0.05, 0) is 65.1 Å². The first-order valence-corrected chi connectivity index (χ1v) is 9.83. The smallest absolute Gasteiger partial charge is 0.238 e. The fourth-order valence-corrected chi connectivity index (χ4v) is 6.43. The highest BCUT2D eigenvalue weighted by Gasteiger charge is 2.66. The Labute approximate surface area is 153 Å². The van der Waals surface area contributed by atoms with Crippen LogP contribution in [0, 0.1) is 27.2 Å². The number of carbonyl (C=O) groups is 2. The third-order valence-corrected chi connectivity index (χ3v) is 9.00. The molecule has 110 valence electrons. The van der Waals surface area contributed by atoms with E-state index in [1.54, 1.807) is 0 Å². The number of nitrogens with zero attached hydrogens (tertiary/aromatic N) is 1. The van der Waals surface area contributed by atoms with Gasteiger partial charge < -0.3 is 0 Å². The third-order valence-electron chi connectivity index (χ3n) is 5.07. The summed E-state index contributed by atoms with van der Waals surface area (Å²) in [4.78, 5) is 27.6. The average Bonchev–Trinajstić information content (AvgIpc) is 3.06. The highest BCUT2D eigenvalue weighted by molar-refractivity contribution is 14.1. The first-order valence-electron chi connectivity index (χ1n) is 6.92. The molecule has 1 heterocycles. The highest BCUT2D eigenvalue weighted by Crippen LogP contribution is 2.60. The van der Waals surface area contributed by atoms with Crippen molar-refractivity contribution in [3.8, 4) is 0 Å². The van der Waals surface area contributed by atoms with Crippen LogP contribution in [-0.2, 0) is 9.59 Å². The number of hydrogen-bond acceptors (Lipinski definition) is 2. The van der Waals surface area contributed by atoms with E-state index in [1.807, 2.05) is 24.3 Å². The lowest BCUT2D eigenvalue weighted by atomic mass is 9.81. The first-order chi connectivity index (χ1) is 10.0. The third kappa shape index (κ3) is 1.94. The van der Waals surface area contributed by atoms with Crippen LogP contribution in [0.2, 0.25) is 0 Å². The molecule has 0 unspecified atom stereocenters. The normalized spacial score (nSPS) is 41.0. The molecule has 4 rings (SSSR count). The van der Waals surface area contributed by atoms with Crippen LogP contribution in [0.5, 0.6) is 0 Å². The Kier molecular flexibility index (Phi) is 3.50. The van der Waals surface area contributed by atoms with E-state index in [-0.39, 0.29) is 45.1 Å². The van der Waals surface area contributed by atoms with Crippen molar-refractivity contribution in [3.63, 3.8) is 0 Å². The highest BCUT2D eigenvalue weighted by atomic mass is 127. The Morgan fingerprint density at radius 1 is 0.952 bits per heavy atom. The van der Waals surface area contributed by atoms with Gasteiger partial charge in [-0.1, -0.05) is 31.9 Å². The monoisotopic (exact) mass is 523 g/mol. The number of halogens is 3. The van der Waals surface area contributed by atoms with Gasteiger partial charge in [-0.3, -0.25) is 14.5 Å². The Morgan fingerprint density at radius 2 is 1.43 bits per heavy atom. The van der Waals surface area contributed by atoms with E-state index in [1.165, 1.54) is 4.90 Å². The SMILES string of the molecule is O=C1[C@@H]2[C@@H]3C[C@@H]([C@H](Br)[C@@H]3Br)[C@@H]2C(=O)N1c1ccc(I)cc1. The Hall–Kier alpha value is 0.0500. The van der Waals surface area contributed by atoms with Crippen molar-refractivity contribution in [3.05, 3.63) is 27.8 Å². The topological polar surface area (TPSA) is 37.4 Å². The van der Waals surface area contributed by atoms with Gasteiger partial charge in [-0.15, -0.1) is 0 Å². The van der Waals surface area contributed by atoms with Crippen molar-refractivity contribution in [2.45, 2.75) is 16.1 Å². The zero-order valence-corrected chi connectivity index (χ0v) is 16.2. The van der Waals surface area contributed by atoms with Gasteiger partial charge in [0.15, 0.2) is 0 Å². The summed E-state index contributed by atoms with van der Waals surface area (Å²) in [6.07, 6.45) is 0.971. The number of alkyl halides is 2. The van der Waals surface area contributed by atoms with Gasteiger partial charge >= 0.3 is 0 Å². The number of carbonyl (C=O) groups excluding carboxylic acids is 2. The van der Waals surface area contributed by atoms with Crippen molar-refractivity contribution < 1.29 is 9.59 Å². The summed E-state index contributed by atoms with van der Waals surface area (Å²) < 4.78 is 1.09. The Bertz CT molecular complexity index is 603. The predicted molar refractivity (Wildman–Crippen MR) is 95.7 cm³/mol. The van der Waals surface area contributed by atoms with Gasteiger partial charge in [0.1, 0.15) is 0 Å². The summed E-state index contributed by atoms with van der Waals surface area (Å²) in [5, 5.41) is 0. The van der Waals surface area contributed by atoms with Crippen molar-refractivity contribution in [1.29, 1.82) is 0 Å². The Morgan fingerprint density at radius 3 is 1.90 bits per heavy atom. The second kappa shape index (κ2) is 5.03. The van der Waals surface area contributed by atoms with Crippen molar-refractivity contribution in [1.82, 2.24) is 0 Å². The summed E-state index contributed by atoms with van der Waals surface area (Å²) in [5.41, 5.74) is 0.705. The van der Waals surface area contributed by atoms with Gasteiger partial charge in [-0.2, -0.15) is 0 Å². The van der Waals surface area contributed by atoms with Gasteiger partial charge in [0, 0.05) is 13.2 Å². The summed E-state index contributed by atoms with van der Waals surface area (Å²) in [6.45, 7) is 0. The average molecular weight is 525 g/mol. The molecule has 21 heavy (non-hydrogen) atoms. The predicted octanol–water partition coefficient (Wildman–Crippen LogP) is 3.57. The van der Waals surface area contributed by atoms with Crippen LogP contribution in [0.3, 0.4) is 0 Å². The number of benzene rings is 1. The lowest BCUT2D eigenvalue weighted by Gasteiger charge is -2.28. The maximum absolute atomic E-state index is 12.8. The summed E-state index contributed by atoms with van der Waals surface area (Å²) in [6, 6.07) is 7.58. The molecule has 2 saturated carbocycles. The standard InChI is InChI=1S/C15H12Br2INO2/c16-12-8-5-9(13(12)17)11-10(8)14(20)19(15(11)21)7-3-1-6(18)2-4-7/h1-4,8-13H,5H2/t8-,9+,10+,11-,12+,13-. The van der Waals surface area contributed by atoms with Gasteiger partial charge in [0.25, 0.3) is 0 Å². The molecule has 1 aliphatic heterocycles. The number of hydrogen-bond donors (Lipinski definition) is 0. The van der Waals surface area contributed by atoms with Crippen molar-refractivity contribution in [2.24, 2.45) is 23.7 Å². The summed E-state index contributed by atoms with van der Waals surface area (Å²) in [5.74, 6) is 0.245. The first kappa shape index (κ1) is 14.6. The quantitative estimate of drug-likeness (QED) is 0.320. The zero-order valence-electron chi connectivity index (χ0n) is 10.9. The van der Waals surface area contributed by atoms with Crippen molar-refractivity contribution in [2.75, 3.05) is 4.90 Å². The molecule has 0 N–H and O–H groups in total. The maximum atomic E-state index is 12.8. The zero-order chi connectivity index (χ0) is 14.9. The minimum absolute atomic E-state index is 0.0115. The molecule has 2 bridgehead atoms. The molecule has 2 amide bonds. The summed E-state index contributed by atoms with van der Waals surface area (Å²) in [7, 11) is 0. The number of rotatable bonds is 1. The molecule has 3 aliphatic rings. The molecule has 1 aromatic carbocycles. The maximum Gasteiger partial charge on any atom is 0.238 e. The van der Waals surface area contributed by atoms with Crippen LogP contribution in [-0.4, -0.2) is 21.5 Å². The fraction of sp³-hybridized carbons (Fsp3) is 0.467. The van der Waals surface area contributed by atoms with E-state index in [0.29, 0.717) is 5.69 Å². The van der Waals surface area contributed by atoms with Crippen LogP contribution in [0.15, 0.2) is 24.3 Å². The van der Waals surface area contributed by atoms with Crippen LogP contribution in [0.1, 0.15) is 6.42 Å². The van der Waals surface area contributed by atoms with Gasteiger partial charge in [0.05, 0.1) is 17.5 Å². The Balaban J connectivity index is 1.73. The lowest BCUT2D eigenvalue weighted by Crippen LogP contribution is -2.37. The molecular weight excluding hydrogens is 513 g/mol. The molecule has 3 nitrogen and oxygen atoms in total. The van der Waals surface area contributed by atoms with Crippen LogP contribution < -0.4 is 4.90 Å².